The molecule has 2 aromatic rings. The molecule has 0 saturated carbocycles. The Morgan fingerprint density at radius 2 is 1.77 bits per heavy atom. The molecule has 3 rings (SSSR count). The standard InChI is InChI=1S/C23H28O8/c1-27-16-6-4-5-14(9-16)7-8-15-10-17(28-2)12-20(29-3)22(15)31-23-21(26)19(25)11-18(13-24)30-23/h4-10,12,18-19,21,23-26H,11,13H2,1-3H3/b8-7+/t18?,19?,21-,23?/m1/s1. The van der Waals surface area contributed by atoms with Crippen LogP contribution in [-0.4, -0.2) is 67.9 Å². The summed E-state index contributed by atoms with van der Waals surface area (Å²) in [6.07, 6.45) is -0.423. The topological polar surface area (TPSA) is 107 Å². The molecule has 0 radical (unpaired) electrons. The molecule has 4 atom stereocenters. The van der Waals surface area contributed by atoms with E-state index in [0.29, 0.717) is 22.8 Å². The normalized spacial score (nSPS) is 23.5. The van der Waals surface area contributed by atoms with Crippen molar-refractivity contribution >= 4 is 12.2 Å². The Bertz CT molecular complexity index is 897. The Kier molecular flexibility index (Phi) is 7.75. The van der Waals surface area contributed by atoms with Gasteiger partial charge in [-0.25, -0.2) is 0 Å². The minimum Gasteiger partial charge on any atom is -0.497 e. The molecule has 168 valence electrons. The molecule has 3 N–H and O–H groups in total. The molecule has 1 aliphatic heterocycles. The van der Waals surface area contributed by atoms with Crippen molar-refractivity contribution in [3.05, 3.63) is 47.5 Å². The molecular formula is C23H28O8. The molecule has 1 aliphatic rings. The van der Waals surface area contributed by atoms with Crippen LogP contribution in [0.4, 0.5) is 0 Å². The highest BCUT2D eigenvalue weighted by molar-refractivity contribution is 5.75. The van der Waals surface area contributed by atoms with Gasteiger partial charge in [0.15, 0.2) is 11.5 Å². The summed E-state index contributed by atoms with van der Waals surface area (Å²) in [5.41, 5.74) is 1.51. The number of ether oxygens (including phenoxy) is 5. The molecule has 1 saturated heterocycles. The number of aliphatic hydroxyl groups is 3. The maximum Gasteiger partial charge on any atom is 0.229 e. The van der Waals surface area contributed by atoms with E-state index in [-0.39, 0.29) is 13.0 Å². The Morgan fingerprint density at radius 1 is 1.00 bits per heavy atom. The van der Waals surface area contributed by atoms with Gasteiger partial charge >= 0.3 is 0 Å². The van der Waals surface area contributed by atoms with Crippen molar-refractivity contribution in [2.75, 3.05) is 27.9 Å². The summed E-state index contributed by atoms with van der Waals surface area (Å²) < 4.78 is 27.7. The Labute approximate surface area is 181 Å². The van der Waals surface area contributed by atoms with E-state index < -0.39 is 24.6 Å². The van der Waals surface area contributed by atoms with E-state index in [0.717, 1.165) is 11.3 Å². The first kappa shape index (κ1) is 22.9. The van der Waals surface area contributed by atoms with Gasteiger partial charge in [-0.15, -0.1) is 0 Å². The number of aliphatic hydroxyl groups excluding tert-OH is 3. The summed E-state index contributed by atoms with van der Waals surface area (Å²) in [5, 5.41) is 29.9. The molecule has 0 amide bonds. The molecule has 8 heteroatoms. The first-order valence-corrected chi connectivity index (χ1v) is 9.86. The van der Waals surface area contributed by atoms with E-state index in [1.165, 1.54) is 7.11 Å². The highest BCUT2D eigenvalue weighted by Crippen LogP contribution is 2.39. The van der Waals surface area contributed by atoms with Gasteiger partial charge in [-0.3, -0.25) is 0 Å². The van der Waals surface area contributed by atoms with E-state index in [1.807, 2.05) is 36.4 Å². The summed E-state index contributed by atoms with van der Waals surface area (Å²) in [5.74, 6) is 1.94. The van der Waals surface area contributed by atoms with Gasteiger partial charge < -0.3 is 39.0 Å². The second kappa shape index (κ2) is 10.5. The molecule has 0 bridgehead atoms. The second-order valence-corrected chi connectivity index (χ2v) is 7.08. The summed E-state index contributed by atoms with van der Waals surface area (Å²) in [7, 11) is 4.63. The monoisotopic (exact) mass is 432 g/mol. The van der Waals surface area contributed by atoms with E-state index >= 15 is 0 Å². The van der Waals surface area contributed by atoms with E-state index in [9.17, 15) is 15.3 Å². The minimum atomic E-state index is -1.29. The zero-order chi connectivity index (χ0) is 22.4. The Balaban J connectivity index is 1.97. The number of hydrogen-bond acceptors (Lipinski definition) is 8. The number of hydrogen-bond donors (Lipinski definition) is 3. The number of rotatable bonds is 8. The molecule has 0 aromatic heterocycles. The largest absolute Gasteiger partial charge is 0.497 e. The molecule has 8 nitrogen and oxygen atoms in total. The SMILES string of the molecule is COc1cccc(/C=C/c2cc(OC)cc(OC)c2OC2OC(CO)CC(O)[C@H]2O)c1. The van der Waals surface area contributed by atoms with Crippen molar-refractivity contribution in [2.45, 2.75) is 31.0 Å². The fourth-order valence-corrected chi connectivity index (χ4v) is 3.30. The lowest BCUT2D eigenvalue weighted by atomic mass is 10.0. The molecular weight excluding hydrogens is 404 g/mol. The highest BCUT2D eigenvalue weighted by Gasteiger charge is 2.38. The van der Waals surface area contributed by atoms with Crippen LogP contribution >= 0.6 is 0 Å². The van der Waals surface area contributed by atoms with Crippen LogP contribution in [0, 0.1) is 0 Å². The van der Waals surface area contributed by atoms with Gasteiger partial charge in [0.1, 0.15) is 17.6 Å². The average molecular weight is 432 g/mol. The average Bonchev–Trinajstić information content (AvgIpc) is 2.80. The maximum atomic E-state index is 10.4. The van der Waals surface area contributed by atoms with Crippen LogP contribution in [0.1, 0.15) is 17.5 Å². The third kappa shape index (κ3) is 5.48. The smallest absolute Gasteiger partial charge is 0.229 e. The molecule has 2 aromatic carbocycles. The van der Waals surface area contributed by atoms with Gasteiger partial charge in [0.2, 0.25) is 6.29 Å². The van der Waals surface area contributed by atoms with E-state index in [4.69, 9.17) is 23.7 Å². The maximum absolute atomic E-state index is 10.4. The minimum absolute atomic E-state index is 0.111. The molecule has 1 heterocycles. The molecule has 31 heavy (non-hydrogen) atoms. The number of benzene rings is 2. The van der Waals surface area contributed by atoms with Crippen molar-refractivity contribution in [1.29, 1.82) is 0 Å². The van der Waals surface area contributed by atoms with Gasteiger partial charge in [-0.1, -0.05) is 24.3 Å². The summed E-state index contributed by atoms with van der Waals surface area (Å²) >= 11 is 0. The van der Waals surface area contributed by atoms with Crippen LogP contribution in [0.3, 0.4) is 0 Å². The van der Waals surface area contributed by atoms with Crippen LogP contribution in [0.2, 0.25) is 0 Å². The van der Waals surface area contributed by atoms with Crippen molar-refractivity contribution in [3.63, 3.8) is 0 Å². The van der Waals surface area contributed by atoms with Crippen molar-refractivity contribution in [3.8, 4) is 23.0 Å². The summed E-state index contributed by atoms with van der Waals surface area (Å²) in [6.45, 7) is -0.300. The highest BCUT2D eigenvalue weighted by atomic mass is 16.7. The molecule has 1 fully saturated rings. The second-order valence-electron chi connectivity index (χ2n) is 7.08. The van der Waals surface area contributed by atoms with Gasteiger partial charge in [0.05, 0.1) is 40.1 Å². The summed E-state index contributed by atoms with van der Waals surface area (Å²) in [4.78, 5) is 0. The molecule has 3 unspecified atom stereocenters. The van der Waals surface area contributed by atoms with E-state index in [2.05, 4.69) is 0 Å². The van der Waals surface area contributed by atoms with Crippen LogP contribution in [0.5, 0.6) is 23.0 Å². The van der Waals surface area contributed by atoms with Crippen molar-refractivity contribution in [1.82, 2.24) is 0 Å². The van der Waals surface area contributed by atoms with Gasteiger partial charge in [0.25, 0.3) is 0 Å². The van der Waals surface area contributed by atoms with Crippen LogP contribution < -0.4 is 18.9 Å². The first-order valence-electron chi connectivity index (χ1n) is 9.86. The fraction of sp³-hybridized carbons (Fsp3) is 0.391. The van der Waals surface area contributed by atoms with E-state index in [1.54, 1.807) is 26.4 Å². The predicted octanol–water partition coefficient (Wildman–Crippen LogP) is 2.09. The lowest BCUT2D eigenvalue weighted by Crippen LogP contribution is -2.51. The lowest BCUT2D eigenvalue weighted by Gasteiger charge is -2.36. The van der Waals surface area contributed by atoms with Crippen molar-refractivity contribution < 1.29 is 39.0 Å². The zero-order valence-electron chi connectivity index (χ0n) is 17.7. The predicted molar refractivity (Wildman–Crippen MR) is 114 cm³/mol. The van der Waals surface area contributed by atoms with Crippen LogP contribution in [0.25, 0.3) is 12.2 Å². The fourth-order valence-electron chi connectivity index (χ4n) is 3.30. The van der Waals surface area contributed by atoms with Crippen LogP contribution in [-0.2, 0) is 4.74 Å². The third-order valence-electron chi connectivity index (χ3n) is 5.00. The van der Waals surface area contributed by atoms with Gasteiger partial charge in [0, 0.05) is 18.1 Å². The first-order chi connectivity index (χ1) is 15.0. The zero-order valence-corrected chi connectivity index (χ0v) is 17.7. The third-order valence-corrected chi connectivity index (χ3v) is 5.00. The number of methoxy groups -OCH3 is 3. The lowest BCUT2D eigenvalue weighted by molar-refractivity contribution is -0.241. The Morgan fingerprint density at radius 3 is 2.45 bits per heavy atom. The quantitative estimate of drug-likeness (QED) is 0.545. The van der Waals surface area contributed by atoms with Crippen molar-refractivity contribution in [2.24, 2.45) is 0 Å². The van der Waals surface area contributed by atoms with Gasteiger partial charge in [-0.05, 0) is 23.8 Å². The Hall–Kier alpha value is -2.78. The van der Waals surface area contributed by atoms with Gasteiger partial charge in [-0.2, -0.15) is 0 Å². The molecule has 0 aliphatic carbocycles. The molecule has 0 spiro atoms. The van der Waals surface area contributed by atoms with Crippen LogP contribution in [0.15, 0.2) is 36.4 Å². The summed E-state index contributed by atoms with van der Waals surface area (Å²) in [6, 6.07) is 10.9.